The largest absolute Gasteiger partial charge is 0.347 e. The molecule has 5 heteroatoms. The lowest BCUT2D eigenvalue weighted by molar-refractivity contribution is 0.264. The first-order valence-electron chi connectivity index (χ1n) is 3.62. The summed E-state index contributed by atoms with van der Waals surface area (Å²) >= 11 is 0. The molecule has 0 spiro atoms. The zero-order valence-electron chi connectivity index (χ0n) is 7.77. The van der Waals surface area contributed by atoms with Crippen LogP contribution < -0.4 is 0 Å². The summed E-state index contributed by atoms with van der Waals surface area (Å²) in [5, 5.41) is 8.71. The molecule has 0 rings (SSSR count). The van der Waals surface area contributed by atoms with Gasteiger partial charge < -0.3 is 9.05 Å². The number of hydrogen-bond donors (Lipinski definition) is 0. The van der Waals surface area contributed by atoms with Gasteiger partial charge in [-0.3, -0.25) is 4.57 Å². The maximum Gasteiger partial charge on any atom is 0.347 e. The third kappa shape index (κ3) is 2.31. The SMILES string of the molecule is COP(=O)(OC)C(C#N)C(C)C. The van der Waals surface area contributed by atoms with E-state index >= 15 is 0 Å². The van der Waals surface area contributed by atoms with Gasteiger partial charge in [-0.15, -0.1) is 0 Å². The van der Waals surface area contributed by atoms with Crippen LogP contribution in [0.15, 0.2) is 0 Å². The van der Waals surface area contributed by atoms with Gasteiger partial charge in [0.1, 0.15) is 0 Å². The Morgan fingerprint density at radius 2 is 1.75 bits per heavy atom. The van der Waals surface area contributed by atoms with E-state index in [0.29, 0.717) is 0 Å². The van der Waals surface area contributed by atoms with Crippen molar-refractivity contribution in [1.82, 2.24) is 0 Å². The fraction of sp³-hybridized carbons (Fsp3) is 0.857. The van der Waals surface area contributed by atoms with Gasteiger partial charge in [-0.2, -0.15) is 5.26 Å². The average molecular weight is 191 g/mol. The molecule has 0 aliphatic heterocycles. The molecule has 0 bridgehead atoms. The van der Waals surface area contributed by atoms with Gasteiger partial charge in [0.25, 0.3) is 0 Å². The van der Waals surface area contributed by atoms with Crippen LogP contribution in [0, 0.1) is 17.2 Å². The van der Waals surface area contributed by atoms with Crippen molar-refractivity contribution < 1.29 is 13.6 Å². The van der Waals surface area contributed by atoms with Gasteiger partial charge in [0.05, 0.1) is 6.07 Å². The van der Waals surface area contributed by atoms with Crippen molar-refractivity contribution >= 4 is 7.60 Å². The van der Waals surface area contributed by atoms with Gasteiger partial charge in [0, 0.05) is 14.2 Å². The number of rotatable bonds is 4. The molecule has 0 amide bonds. The molecule has 0 saturated heterocycles. The standard InChI is InChI=1S/C7H14NO3P/c1-6(2)7(5-8)12(9,10-3)11-4/h6-7H,1-4H3. The van der Waals surface area contributed by atoms with Gasteiger partial charge in [-0.1, -0.05) is 13.8 Å². The zero-order chi connectivity index (χ0) is 9.78. The summed E-state index contributed by atoms with van der Waals surface area (Å²) in [6.07, 6.45) is 0. The summed E-state index contributed by atoms with van der Waals surface area (Å²) in [7, 11) is -0.631. The maximum atomic E-state index is 11.7. The molecular formula is C7H14NO3P. The van der Waals surface area contributed by atoms with Crippen LogP contribution in [0.2, 0.25) is 0 Å². The lowest BCUT2D eigenvalue weighted by atomic mass is 10.1. The van der Waals surface area contributed by atoms with Crippen LogP contribution in [0.4, 0.5) is 0 Å². The normalized spacial score (nSPS) is 14.3. The second-order valence-corrected chi connectivity index (χ2v) is 5.09. The lowest BCUT2D eigenvalue weighted by Gasteiger charge is -2.21. The summed E-state index contributed by atoms with van der Waals surface area (Å²) in [5.74, 6) is -0.0410. The Morgan fingerprint density at radius 1 is 1.33 bits per heavy atom. The fourth-order valence-electron chi connectivity index (χ4n) is 0.887. The van der Waals surface area contributed by atoms with Crippen LogP contribution in [0.5, 0.6) is 0 Å². The summed E-state index contributed by atoms with van der Waals surface area (Å²) in [5.41, 5.74) is -0.688. The maximum absolute atomic E-state index is 11.7. The third-order valence-electron chi connectivity index (χ3n) is 1.61. The Labute approximate surface area is 73.0 Å². The van der Waals surface area contributed by atoms with Crippen LogP contribution >= 0.6 is 7.60 Å². The predicted molar refractivity (Wildman–Crippen MR) is 45.9 cm³/mol. The van der Waals surface area contributed by atoms with Crippen LogP contribution in [0.1, 0.15) is 13.8 Å². The zero-order valence-corrected chi connectivity index (χ0v) is 8.67. The molecule has 1 atom stereocenters. The van der Waals surface area contributed by atoms with Crippen molar-refractivity contribution in [2.45, 2.75) is 19.5 Å². The van der Waals surface area contributed by atoms with E-state index in [0.717, 1.165) is 0 Å². The van der Waals surface area contributed by atoms with E-state index in [1.807, 2.05) is 6.07 Å². The minimum Gasteiger partial charge on any atom is -0.311 e. The highest BCUT2D eigenvalue weighted by Crippen LogP contribution is 2.53. The molecular weight excluding hydrogens is 177 g/mol. The number of hydrogen-bond acceptors (Lipinski definition) is 4. The van der Waals surface area contributed by atoms with Crippen molar-refractivity contribution in [3.05, 3.63) is 0 Å². The van der Waals surface area contributed by atoms with Gasteiger partial charge in [0.15, 0.2) is 5.66 Å². The Morgan fingerprint density at radius 3 is 1.83 bits per heavy atom. The molecule has 0 N–H and O–H groups in total. The minimum absolute atomic E-state index is 0.0410. The number of nitrogens with zero attached hydrogens (tertiary/aromatic N) is 1. The predicted octanol–water partition coefficient (Wildman–Crippen LogP) is 2.02. The van der Waals surface area contributed by atoms with Crippen molar-refractivity contribution in [2.24, 2.45) is 5.92 Å². The van der Waals surface area contributed by atoms with Gasteiger partial charge >= 0.3 is 7.60 Å². The van der Waals surface area contributed by atoms with Gasteiger partial charge in [0.2, 0.25) is 0 Å². The van der Waals surface area contributed by atoms with E-state index < -0.39 is 13.3 Å². The molecule has 0 aliphatic rings. The Hall–Kier alpha value is -0.360. The van der Waals surface area contributed by atoms with E-state index in [-0.39, 0.29) is 5.92 Å². The fourth-order valence-corrected chi connectivity index (χ4v) is 2.36. The topological polar surface area (TPSA) is 59.3 Å². The highest BCUT2D eigenvalue weighted by molar-refractivity contribution is 7.55. The van der Waals surface area contributed by atoms with E-state index in [1.54, 1.807) is 13.8 Å². The Balaban J connectivity index is 4.72. The molecule has 0 heterocycles. The van der Waals surface area contributed by atoms with Crippen molar-refractivity contribution in [3.63, 3.8) is 0 Å². The van der Waals surface area contributed by atoms with Gasteiger partial charge in [-0.05, 0) is 5.92 Å². The third-order valence-corrected chi connectivity index (χ3v) is 4.02. The van der Waals surface area contributed by atoms with Crippen LogP contribution in [-0.4, -0.2) is 19.9 Å². The molecule has 0 saturated carbocycles. The van der Waals surface area contributed by atoms with Crippen LogP contribution in [-0.2, 0) is 13.6 Å². The first-order chi connectivity index (χ1) is 5.51. The quantitative estimate of drug-likeness (QED) is 0.638. The molecule has 70 valence electrons. The molecule has 12 heavy (non-hydrogen) atoms. The minimum atomic E-state index is -3.21. The van der Waals surface area contributed by atoms with E-state index in [4.69, 9.17) is 14.3 Å². The van der Waals surface area contributed by atoms with E-state index in [1.165, 1.54) is 14.2 Å². The lowest BCUT2D eigenvalue weighted by Crippen LogP contribution is -2.15. The monoisotopic (exact) mass is 191 g/mol. The summed E-state index contributed by atoms with van der Waals surface area (Å²) in [6, 6.07) is 1.93. The highest BCUT2D eigenvalue weighted by atomic mass is 31.2. The molecule has 0 radical (unpaired) electrons. The summed E-state index contributed by atoms with van der Waals surface area (Å²) < 4.78 is 21.1. The molecule has 0 aromatic rings. The van der Waals surface area contributed by atoms with Crippen molar-refractivity contribution in [2.75, 3.05) is 14.2 Å². The van der Waals surface area contributed by atoms with Crippen molar-refractivity contribution in [3.8, 4) is 6.07 Å². The summed E-state index contributed by atoms with van der Waals surface area (Å²) in [6.45, 7) is 3.61. The second-order valence-electron chi connectivity index (χ2n) is 2.72. The summed E-state index contributed by atoms with van der Waals surface area (Å²) in [4.78, 5) is 0. The van der Waals surface area contributed by atoms with E-state index in [2.05, 4.69) is 0 Å². The van der Waals surface area contributed by atoms with Crippen LogP contribution in [0.3, 0.4) is 0 Å². The van der Waals surface area contributed by atoms with E-state index in [9.17, 15) is 4.57 Å². The molecule has 4 nitrogen and oxygen atoms in total. The molecule has 0 fully saturated rings. The molecule has 0 aromatic carbocycles. The Bertz CT molecular complexity index is 213. The van der Waals surface area contributed by atoms with Crippen LogP contribution in [0.25, 0.3) is 0 Å². The Kier molecular flexibility index (Phi) is 4.47. The number of nitriles is 1. The smallest absolute Gasteiger partial charge is 0.311 e. The second kappa shape index (κ2) is 4.61. The first kappa shape index (κ1) is 11.6. The molecule has 0 aliphatic carbocycles. The van der Waals surface area contributed by atoms with Gasteiger partial charge in [-0.25, -0.2) is 0 Å². The first-order valence-corrected chi connectivity index (χ1v) is 5.23. The molecule has 0 aromatic heterocycles. The van der Waals surface area contributed by atoms with Crippen molar-refractivity contribution in [1.29, 1.82) is 5.26 Å². The highest BCUT2D eigenvalue weighted by Gasteiger charge is 2.36. The molecule has 1 unspecified atom stereocenters. The average Bonchev–Trinajstić information content (AvgIpc) is 2.04.